The van der Waals surface area contributed by atoms with Gasteiger partial charge in [0.1, 0.15) is 12.6 Å². The third kappa shape index (κ3) is 3.88. The Morgan fingerprint density at radius 2 is 1.18 bits per heavy atom. The summed E-state index contributed by atoms with van der Waals surface area (Å²) in [5, 5.41) is 9.64. The third-order valence-electron chi connectivity index (χ3n) is 1.85. The van der Waals surface area contributed by atoms with Gasteiger partial charge in [0, 0.05) is 0 Å². The molecule has 15 heteroatoms. The van der Waals surface area contributed by atoms with Crippen molar-refractivity contribution in [1.29, 1.82) is 0 Å². The van der Waals surface area contributed by atoms with Gasteiger partial charge in [0.25, 0.3) is 0 Å². The lowest BCUT2D eigenvalue weighted by atomic mass is 10.1. The molecule has 0 aromatic rings. The molecule has 0 aromatic heterocycles. The highest BCUT2D eigenvalue weighted by Crippen LogP contribution is 2.53. The normalized spacial score (nSPS) is 14.5. The molecule has 0 aliphatic rings. The van der Waals surface area contributed by atoms with Crippen molar-refractivity contribution >= 4 is 5.97 Å². The Morgan fingerprint density at radius 3 is 1.45 bits per heavy atom. The minimum absolute atomic E-state index is 0. The van der Waals surface area contributed by atoms with Gasteiger partial charge in [-0.3, -0.25) is 0 Å². The Hall–Kier alpha value is -1.38. The lowest BCUT2D eigenvalue weighted by molar-refractivity contribution is -0.448. The molecule has 0 radical (unpaired) electrons. The minimum atomic E-state index is -7.33. The van der Waals surface area contributed by atoms with Gasteiger partial charge in [-0.25, -0.2) is 0 Å². The van der Waals surface area contributed by atoms with Crippen LogP contribution >= 0.6 is 0 Å². The molecule has 0 fully saturated rings. The summed E-state index contributed by atoms with van der Waals surface area (Å²) in [4.78, 5) is 9.64. The summed E-state index contributed by atoms with van der Waals surface area (Å²) in [6.07, 6.45) is -13.9. The number of carbonyl (C=O) groups excluding carboxylic acids is 1. The van der Waals surface area contributed by atoms with Crippen LogP contribution < -0.4 is 11.3 Å². The maximum Gasteiger partial charge on any atom is 0.460 e. The molecule has 0 heterocycles. The van der Waals surface area contributed by atoms with E-state index in [-0.39, 0.29) is 6.15 Å². The molecule has 0 saturated carbocycles. The number of hydrogen-bond acceptors (Lipinski definition) is 3. The van der Waals surface area contributed by atoms with Crippen LogP contribution in [0.4, 0.5) is 48.3 Å². The van der Waals surface area contributed by atoms with Gasteiger partial charge in [-0.2, -0.15) is 48.3 Å². The van der Waals surface area contributed by atoms with Crippen molar-refractivity contribution in [2.75, 3.05) is 6.61 Å². The van der Waals surface area contributed by atoms with Crippen molar-refractivity contribution in [1.82, 2.24) is 6.15 Å². The van der Waals surface area contributed by atoms with Crippen LogP contribution in [0.2, 0.25) is 0 Å². The Kier molecular flexibility index (Phi) is 6.26. The monoisotopic (exact) mass is 361 g/mol. The van der Waals surface area contributed by atoms with Gasteiger partial charge in [-0.15, -0.1) is 0 Å². The molecule has 134 valence electrons. The predicted molar refractivity (Wildman–Crippen MR) is 42.8 cm³/mol. The molecule has 0 rings (SSSR count). The summed E-state index contributed by atoms with van der Waals surface area (Å²) in [5.41, 5.74) is 0. The van der Waals surface area contributed by atoms with Crippen LogP contribution in [0.25, 0.3) is 0 Å². The van der Waals surface area contributed by atoms with E-state index in [2.05, 4.69) is 4.74 Å². The van der Waals surface area contributed by atoms with Crippen LogP contribution in [0.3, 0.4) is 0 Å². The number of carboxylic acid groups (broad SMARTS) is 1. The Bertz CT molecular complexity index is 405. The highest BCUT2D eigenvalue weighted by molar-refractivity contribution is 5.73. The van der Waals surface area contributed by atoms with Gasteiger partial charge >= 0.3 is 30.1 Å². The van der Waals surface area contributed by atoms with Crippen molar-refractivity contribution in [3.8, 4) is 0 Å². The van der Waals surface area contributed by atoms with E-state index in [9.17, 15) is 58.2 Å². The van der Waals surface area contributed by atoms with E-state index in [0.29, 0.717) is 0 Å². The van der Waals surface area contributed by atoms with Gasteiger partial charge in [-0.05, 0) is 0 Å². The lowest BCUT2D eigenvalue weighted by Gasteiger charge is -2.33. The van der Waals surface area contributed by atoms with Crippen molar-refractivity contribution in [2.45, 2.75) is 30.1 Å². The largest absolute Gasteiger partial charge is 0.544 e. The molecular weight excluding hydrogens is 355 g/mol. The summed E-state index contributed by atoms with van der Waals surface area (Å²) in [6.45, 7) is -3.12. The number of aliphatic carboxylic acids is 1. The lowest BCUT2D eigenvalue weighted by Crippen LogP contribution is -2.62. The van der Waals surface area contributed by atoms with Crippen molar-refractivity contribution in [3.05, 3.63) is 0 Å². The number of ether oxygens (including phenoxy) is 1. The number of halogens is 11. The first-order valence-electron chi connectivity index (χ1n) is 4.33. The van der Waals surface area contributed by atoms with Gasteiger partial charge < -0.3 is 20.8 Å². The molecule has 4 N–H and O–H groups in total. The second-order valence-electron chi connectivity index (χ2n) is 3.44. The highest BCUT2D eigenvalue weighted by atomic mass is 19.4. The Labute approximate surface area is 113 Å². The van der Waals surface area contributed by atoms with Gasteiger partial charge in [0.05, 0.1) is 0 Å². The van der Waals surface area contributed by atoms with Gasteiger partial charge in [-0.1, -0.05) is 0 Å². The molecule has 0 amide bonds. The zero-order chi connectivity index (χ0) is 17.5. The van der Waals surface area contributed by atoms with E-state index in [0.717, 1.165) is 0 Å². The maximum atomic E-state index is 12.5. The summed E-state index contributed by atoms with van der Waals surface area (Å²) < 4.78 is 136. The van der Waals surface area contributed by atoms with Crippen LogP contribution in [0.1, 0.15) is 0 Å². The molecule has 0 atom stereocenters. The summed E-state index contributed by atoms with van der Waals surface area (Å²) in [6, 6.07) is 0. The number of alkyl halides is 11. The number of rotatable bonds is 6. The van der Waals surface area contributed by atoms with E-state index in [1.54, 1.807) is 0 Å². The molecule has 22 heavy (non-hydrogen) atoms. The third-order valence-corrected chi connectivity index (χ3v) is 1.85. The highest BCUT2D eigenvalue weighted by Gasteiger charge is 2.83. The standard InChI is InChI=1S/C7H3F11O3.H3N/c8-3(9,2(19)20)1-21-7(17,18)5(12,13)4(10,11)6(14,15)16;/h1H2,(H,19,20);1H3. The SMILES string of the molecule is O=C([O-])C(F)(F)COC(F)(F)C(F)(F)C(F)(F)C(F)(F)F.[NH4+]. The fourth-order valence-corrected chi connectivity index (χ4v) is 0.692. The quantitative estimate of drug-likeness (QED) is 0.736. The average Bonchev–Trinajstić information content (AvgIpc) is 2.24. The molecule has 4 nitrogen and oxygen atoms in total. The molecular formula is C7H6F11NO3. The summed E-state index contributed by atoms with van der Waals surface area (Å²) in [5.74, 6) is -23.3. The van der Waals surface area contributed by atoms with E-state index in [1.165, 1.54) is 0 Å². The van der Waals surface area contributed by atoms with E-state index < -0.39 is 42.6 Å². The predicted octanol–water partition coefficient (Wildman–Crippen LogP) is 2.19. The van der Waals surface area contributed by atoms with Crippen LogP contribution in [0, 0.1) is 0 Å². The average molecular weight is 361 g/mol. The Balaban J connectivity index is 0. The second-order valence-corrected chi connectivity index (χ2v) is 3.44. The Morgan fingerprint density at radius 1 is 0.818 bits per heavy atom. The topological polar surface area (TPSA) is 85.9 Å². The molecule has 0 aromatic carbocycles. The number of carbonyl (C=O) groups is 1. The molecule has 0 aliphatic heterocycles. The second kappa shape index (κ2) is 6.02. The first-order chi connectivity index (χ1) is 8.90. The number of quaternary nitrogens is 1. The number of carboxylic acids is 1. The van der Waals surface area contributed by atoms with Crippen LogP contribution in [-0.4, -0.2) is 42.6 Å². The minimum Gasteiger partial charge on any atom is -0.544 e. The van der Waals surface area contributed by atoms with Crippen LogP contribution in [0.5, 0.6) is 0 Å². The first-order valence-corrected chi connectivity index (χ1v) is 4.33. The fraction of sp³-hybridized carbons (Fsp3) is 0.857. The zero-order valence-corrected chi connectivity index (χ0v) is 10.1. The number of hydrogen-bond donors (Lipinski definition) is 1. The molecule has 0 spiro atoms. The van der Waals surface area contributed by atoms with Crippen LogP contribution in [-0.2, 0) is 9.53 Å². The van der Waals surface area contributed by atoms with Crippen molar-refractivity contribution in [3.63, 3.8) is 0 Å². The van der Waals surface area contributed by atoms with E-state index in [1.807, 2.05) is 0 Å². The first kappa shape index (κ1) is 22.9. The summed E-state index contributed by atoms with van der Waals surface area (Å²) in [7, 11) is 0. The van der Waals surface area contributed by atoms with Crippen LogP contribution in [0.15, 0.2) is 0 Å². The maximum absolute atomic E-state index is 12.5. The van der Waals surface area contributed by atoms with Gasteiger partial charge in [0.2, 0.25) is 0 Å². The zero-order valence-electron chi connectivity index (χ0n) is 10.1. The van der Waals surface area contributed by atoms with E-state index in [4.69, 9.17) is 0 Å². The molecule has 0 unspecified atom stereocenters. The molecule has 0 bridgehead atoms. The molecule has 0 saturated heterocycles. The van der Waals surface area contributed by atoms with Gasteiger partial charge in [0.15, 0.2) is 0 Å². The smallest absolute Gasteiger partial charge is 0.460 e. The van der Waals surface area contributed by atoms with Crippen molar-refractivity contribution in [2.24, 2.45) is 0 Å². The van der Waals surface area contributed by atoms with E-state index >= 15 is 0 Å². The fourth-order valence-electron chi connectivity index (χ4n) is 0.692. The summed E-state index contributed by atoms with van der Waals surface area (Å²) >= 11 is 0. The molecule has 0 aliphatic carbocycles. The van der Waals surface area contributed by atoms with Crippen molar-refractivity contribution < 1.29 is 62.9 Å².